The van der Waals surface area contributed by atoms with Gasteiger partial charge in [-0.05, 0) is 24.5 Å². The van der Waals surface area contributed by atoms with E-state index in [-0.39, 0.29) is 12.0 Å². The van der Waals surface area contributed by atoms with E-state index in [1.54, 1.807) is 7.11 Å². The van der Waals surface area contributed by atoms with Crippen molar-refractivity contribution >= 4 is 11.8 Å². The summed E-state index contributed by atoms with van der Waals surface area (Å²) in [4.78, 5) is 24.6. The Bertz CT molecular complexity index is 801. The monoisotopic (exact) mass is 382 g/mol. The molecule has 2 N–H and O–H groups in total. The summed E-state index contributed by atoms with van der Waals surface area (Å²) in [6.07, 6.45) is 1.61. The maximum atomic E-state index is 12.3. The van der Waals surface area contributed by atoms with Gasteiger partial charge in [0, 0.05) is 37.3 Å². The molecule has 1 saturated heterocycles. The summed E-state index contributed by atoms with van der Waals surface area (Å²) in [5, 5.41) is 5.48. The number of carbonyl (C=O) groups is 2. The predicted octanol–water partition coefficient (Wildman–Crippen LogP) is 2.18. The van der Waals surface area contributed by atoms with Crippen LogP contribution in [0.1, 0.15) is 24.0 Å². The van der Waals surface area contributed by atoms with Crippen molar-refractivity contribution in [2.24, 2.45) is 0 Å². The smallest absolute Gasteiger partial charge is 0.309 e. The van der Waals surface area contributed by atoms with Gasteiger partial charge in [0.1, 0.15) is 5.75 Å². The van der Waals surface area contributed by atoms with E-state index in [4.69, 9.17) is 9.47 Å². The highest BCUT2D eigenvalue weighted by atomic mass is 16.5. The van der Waals surface area contributed by atoms with Crippen molar-refractivity contribution in [1.29, 1.82) is 0 Å². The Labute approximate surface area is 165 Å². The zero-order chi connectivity index (χ0) is 19.8. The van der Waals surface area contributed by atoms with Crippen molar-refractivity contribution < 1.29 is 19.1 Å². The minimum Gasteiger partial charge on any atom is -0.496 e. The molecule has 0 aromatic heterocycles. The number of para-hydroxylation sites is 1. The first kappa shape index (κ1) is 19.9. The van der Waals surface area contributed by atoms with Crippen molar-refractivity contribution in [3.8, 4) is 5.75 Å². The van der Waals surface area contributed by atoms with E-state index < -0.39 is 11.8 Å². The Hall–Kier alpha value is -2.86. The molecule has 3 rings (SSSR count). The van der Waals surface area contributed by atoms with Gasteiger partial charge in [-0.25, -0.2) is 0 Å². The standard InChI is InChI=1S/C22H26N2O4/c1-27-19-10-6-5-7-17(19)15-23-20(25)21(26)24-16-22(11-13-28-14-12-22)18-8-3-2-4-9-18/h2-10H,11-16H2,1H3,(H,23,25)(H,24,26). The van der Waals surface area contributed by atoms with Crippen molar-refractivity contribution in [2.45, 2.75) is 24.8 Å². The third-order valence-electron chi connectivity index (χ3n) is 5.26. The van der Waals surface area contributed by atoms with E-state index >= 15 is 0 Å². The van der Waals surface area contributed by atoms with Crippen LogP contribution in [0.2, 0.25) is 0 Å². The quantitative estimate of drug-likeness (QED) is 0.751. The molecule has 28 heavy (non-hydrogen) atoms. The molecule has 6 heteroatoms. The molecule has 6 nitrogen and oxygen atoms in total. The summed E-state index contributed by atoms with van der Waals surface area (Å²) in [6, 6.07) is 17.5. The van der Waals surface area contributed by atoms with Crippen molar-refractivity contribution in [3.63, 3.8) is 0 Å². The maximum absolute atomic E-state index is 12.3. The minimum atomic E-state index is -0.652. The molecular weight excluding hydrogens is 356 g/mol. The molecule has 2 amide bonds. The molecule has 0 unspecified atom stereocenters. The average Bonchev–Trinajstić information content (AvgIpc) is 2.77. The van der Waals surface area contributed by atoms with Crippen LogP contribution in [0, 0.1) is 0 Å². The van der Waals surface area contributed by atoms with E-state index in [0.29, 0.717) is 25.5 Å². The fourth-order valence-electron chi connectivity index (χ4n) is 3.56. The number of hydrogen-bond donors (Lipinski definition) is 2. The zero-order valence-electron chi connectivity index (χ0n) is 16.1. The van der Waals surface area contributed by atoms with Crippen molar-refractivity contribution in [3.05, 3.63) is 65.7 Å². The van der Waals surface area contributed by atoms with Gasteiger partial charge in [-0.3, -0.25) is 9.59 Å². The molecule has 0 saturated carbocycles. The third kappa shape index (κ3) is 4.70. The molecule has 1 aliphatic heterocycles. The molecule has 1 fully saturated rings. The van der Waals surface area contributed by atoms with Crippen LogP contribution < -0.4 is 15.4 Å². The maximum Gasteiger partial charge on any atom is 0.309 e. The summed E-state index contributed by atoms with van der Waals surface area (Å²) in [6.45, 7) is 1.92. The fraction of sp³-hybridized carbons (Fsp3) is 0.364. The zero-order valence-corrected chi connectivity index (χ0v) is 16.1. The largest absolute Gasteiger partial charge is 0.496 e. The first-order valence-electron chi connectivity index (χ1n) is 9.46. The average molecular weight is 382 g/mol. The molecule has 2 aromatic carbocycles. The van der Waals surface area contributed by atoms with E-state index in [2.05, 4.69) is 22.8 Å². The Kier molecular flexibility index (Phi) is 6.66. The topological polar surface area (TPSA) is 76.7 Å². The van der Waals surface area contributed by atoms with Gasteiger partial charge in [0.15, 0.2) is 0 Å². The molecule has 0 aliphatic carbocycles. The number of amides is 2. The molecule has 0 radical (unpaired) electrons. The molecule has 2 aromatic rings. The minimum absolute atomic E-state index is 0.210. The number of rotatable bonds is 6. The molecule has 0 spiro atoms. The highest BCUT2D eigenvalue weighted by Crippen LogP contribution is 2.34. The van der Waals surface area contributed by atoms with Gasteiger partial charge in [-0.15, -0.1) is 0 Å². The van der Waals surface area contributed by atoms with E-state index in [1.807, 2.05) is 42.5 Å². The lowest BCUT2D eigenvalue weighted by Gasteiger charge is -2.37. The second-order valence-corrected chi connectivity index (χ2v) is 6.94. The third-order valence-corrected chi connectivity index (χ3v) is 5.26. The van der Waals surface area contributed by atoms with Crippen LogP contribution in [-0.2, 0) is 26.3 Å². The van der Waals surface area contributed by atoms with Crippen molar-refractivity contribution in [2.75, 3.05) is 26.9 Å². The number of carbonyl (C=O) groups excluding carboxylic acids is 2. The van der Waals surface area contributed by atoms with Crippen LogP contribution in [0.25, 0.3) is 0 Å². The Balaban J connectivity index is 1.59. The summed E-state index contributed by atoms with van der Waals surface area (Å²) in [7, 11) is 1.57. The van der Waals surface area contributed by atoms with Gasteiger partial charge in [0.05, 0.1) is 7.11 Å². The van der Waals surface area contributed by atoms with Crippen LogP contribution in [0.5, 0.6) is 5.75 Å². The normalized spacial score (nSPS) is 15.5. The fourth-order valence-corrected chi connectivity index (χ4v) is 3.56. The Morgan fingerprint density at radius 1 is 0.964 bits per heavy atom. The lowest BCUT2D eigenvalue weighted by atomic mass is 9.74. The van der Waals surface area contributed by atoms with Crippen LogP contribution in [0.3, 0.4) is 0 Å². The number of methoxy groups -OCH3 is 1. The summed E-state index contributed by atoms with van der Waals surface area (Å²) >= 11 is 0. The van der Waals surface area contributed by atoms with Gasteiger partial charge in [-0.2, -0.15) is 0 Å². The van der Waals surface area contributed by atoms with Gasteiger partial charge in [0.25, 0.3) is 0 Å². The van der Waals surface area contributed by atoms with Gasteiger partial charge >= 0.3 is 11.8 Å². The van der Waals surface area contributed by atoms with Crippen molar-refractivity contribution in [1.82, 2.24) is 10.6 Å². The Morgan fingerprint density at radius 2 is 1.61 bits per heavy atom. The lowest BCUT2D eigenvalue weighted by Crippen LogP contribution is -2.48. The predicted molar refractivity (Wildman–Crippen MR) is 106 cm³/mol. The number of hydrogen-bond acceptors (Lipinski definition) is 4. The number of nitrogens with one attached hydrogen (secondary N) is 2. The summed E-state index contributed by atoms with van der Waals surface area (Å²) in [5.41, 5.74) is 1.77. The molecular formula is C22H26N2O4. The van der Waals surface area contributed by atoms with E-state index in [1.165, 1.54) is 0 Å². The van der Waals surface area contributed by atoms with Crippen LogP contribution >= 0.6 is 0 Å². The van der Waals surface area contributed by atoms with Gasteiger partial charge in [0.2, 0.25) is 0 Å². The van der Waals surface area contributed by atoms with Crippen LogP contribution in [0.15, 0.2) is 54.6 Å². The number of ether oxygens (including phenoxy) is 2. The second-order valence-electron chi connectivity index (χ2n) is 6.94. The molecule has 1 aliphatic rings. The van der Waals surface area contributed by atoms with E-state index in [9.17, 15) is 9.59 Å². The lowest BCUT2D eigenvalue weighted by molar-refractivity contribution is -0.139. The Morgan fingerprint density at radius 3 is 2.32 bits per heavy atom. The highest BCUT2D eigenvalue weighted by Gasteiger charge is 2.35. The SMILES string of the molecule is COc1ccccc1CNC(=O)C(=O)NCC1(c2ccccc2)CCOCC1. The summed E-state index contributed by atoms with van der Waals surface area (Å²) in [5.74, 6) is -0.605. The van der Waals surface area contributed by atoms with Gasteiger partial charge in [-0.1, -0.05) is 48.5 Å². The first-order valence-corrected chi connectivity index (χ1v) is 9.46. The van der Waals surface area contributed by atoms with Gasteiger partial charge < -0.3 is 20.1 Å². The first-order chi connectivity index (χ1) is 13.6. The second kappa shape index (κ2) is 9.37. The molecule has 1 heterocycles. The highest BCUT2D eigenvalue weighted by molar-refractivity contribution is 6.35. The molecule has 148 valence electrons. The number of benzene rings is 2. The molecule has 0 atom stereocenters. The summed E-state index contributed by atoms with van der Waals surface area (Å²) < 4.78 is 10.8. The molecule has 0 bridgehead atoms. The van der Waals surface area contributed by atoms with Crippen LogP contribution in [0.4, 0.5) is 0 Å². The van der Waals surface area contributed by atoms with E-state index in [0.717, 1.165) is 24.0 Å². The van der Waals surface area contributed by atoms with Crippen LogP contribution in [-0.4, -0.2) is 38.7 Å².